The van der Waals surface area contributed by atoms with E-state index in [1.807, 2.05) is 6.07 Å². The lowest BCUT2D eigenvalue weighted by molar-refractivity contribution is 0.114. The molecule has 1 saturated carbocycles. The molecule has 0 atom stereocenters. The van der Waals surface area contributed by atoms with Gasteiger partial charge in [0.05, 0.1) is 0 Å². The van der Waals surface area contributed by atoms with Crippen LogP contribution in [0.1, 0.15) is 38.3 Å². The summed E-state index contributed by atoms with van der Waals surface area (Å²) in [4.78, 5) is 11.3. The maximum atomic E-state index is 5.87. The Kier molecular flexibility index (Phi) is 2.87. The van der Waals surface area contributed by atoms with Gasteiger partial charge in [-0.25, -0.2) is 4.98 Å². The zero-order valence-electron chi connectivity index (χ0n) is 10.4. The number of aromatic nitrogens is 2. The van der Waals surface area contributed by atoms with Crippen molar-refractivity contribution < 1.29 is 4.74 Å². The largest absolute Gasteiger partial charge is 0.474 e. The quantitative estimate of drug-likeness (QED) is 0.799. The van der Waals surface area contributed by atoms with Crippen molar-refractivity contribution in [1.29, 1.82) is 0 Å². The zero-order valence-corrected chi connectivity index (χ0v) is 10.4. The summed E-state index contributed by atoms with van der Waals surface area (Å²) in [5.74, 6) is 1.62. The molecule has 2 heterocycles. The van der Waals surface area contributed by atoms with E-state index >= 15 is 0 Å². The molecule has 2 fully saturated rings. The Morgan fingerprint density at radius 1 is 1.29 bits per heavy atom. The highest BCUT2D eigenvalue weighted by Crippen LogP contribution is 2.26. The van der Waals surface area contributed by atoms with E-state index in [4.69, 9.17) is 4.74 Å². The second-order valence-electron chi connectivity index (χ2n) is 4.86. The van der Waals surface area contributed by atoms with Crippen molar-refractivity contribution in [2.75, 3.05) is 18.0 Å². The molecule has 1 aromatic rings. The number of nitrogens with zero attached hydrogens (tertiary/aromatic N) is 3. The third-order valence-electron chi connectivity index (χ3n) is 3.58. The van der Waals surface area contributed by atoms with Crippen LogP contribution in [0.2, 0.25) is 0 Å². The summed E-state index contributed by atoms with van der Waals surface area (Å²) in [5.41, 5.74) is 1.08. The molecule has 0 amide bonds. The number of ether oxygens (including phenoxy) is 1. The van der Waals surface area contributed by atoms with Crippen LogP contribution in [0.25, 0.3) is 0 Å². The van der Waals surface area contributed by atoms with Gasteiger partial charge in [0, 0.05) is 24.8 Å². The van der Waals surface area contributed by atoms with Gasteiger partial charge in [0.2, 0.25) is 11.8 Å². The van der Waals surface area contributed by atoms with Gasteiger partial charge in [0.1, 0.15) is 6.10 Å². The van der Waals surface area contributed by atoms with E-state index in [9.17, 15) is 0 Å². The first kappa shape index (κ1) is 10.8. The van der Waals surface area contributed by atoms with Crippen LogP contribution in [0.3, 0.4) is 0 Å². The standard InChI is InChI=1S/C13H19N3O/c1-2-10-9-12(17-11-5-3-6-11)15-13(14-10)16-7-4-8-16/h9,11H,2-8H2,1H3. The van der Waals surface area contributed by atoms with Crippen molar-refractivity contribution in [3.63, 3.8) is 0 Å². The van der Waals surface area contributed by atoms with Crippen molar-refractivity contribution in [2.45, 2.75) is 45.1 Å². The maximum absolute atomic E-state index is 5.87. The summed E-state index contributed by atoms with van der Waals surface area (Å²) in [6.07, 6.45) is 6.20. The molecule has 0 aromatic carbocycles. The molecule has 0 radical (unpaired) electrons. The Hall–Kier alpha value is -1.32. The van der Waals surface area contributed by atoms with E-state index in [0.29, 0.717) is 6.10 Å². The molecular weight excluding hydrogens is 214 g/mol. The first-order chi connectivity index (χ1) is 8.35. The summed E-state index contributed by atoms with van der Waals surface area (Å²) in [5, 5.41) is 0. The molecule has 92 valence electrons. The Balaban J connectivity index is 1.79. The summed E-state index contributed by atoms with van der Waals surface area (Å²) in [6.45, 7) is 4.28. The highest BCUT2D eigenvalue weighted by atomic mass is 16.5. The molecule has 1 aliphatic heterocycles. The summed E-state index contributed by atoms with van der Waals surface area (Å²) in [7, 11) is 0. The van der Waals surface area contributed by atoms with E-state index in [1.165, 1.54) is 25.7 Å². The molecule has 1 aromatic heterocycles. The SMILES string of the molecule is CCc1cc(OC2CCC2)nc(N2CCC2)n1. The third kappa shape index (κ3) is 2.21. The molecule has 0 bridgehead atoms. The third-order valence-corrected chi connectivity index (χ3v) is 3.58. The van der Waals surface area contributed by atoms with E-state index in [2.05, 4.69) is 21.8 Å². The lowest BCUT2D eigenvalue weighted by atomic mass is 9.96. The van der Waals surface area contributed by atoms with Crippen LogP contribution in [0.5, 0.6) is 5.88 Å². The molecule has 0 unspecified atom stereocenters. The van der Waals surface area contributed by atoms with E-state index in [-0.39, 0.29) is 0 Å². The average Bonchev–Trinajstić information content (AvgIpc) is 2.21. The highest BCUT2D eigenvalue weighted by Gasteiger charge is 2.22. The second kappa shape index (κ2) is 4.51. The maximum Gasteiger partial charge on any atom is 0.228 e. The molecule has 4 nitrogen and oxygen atoms in total. The molecule has 4 heteroatoms. The Morgan fingerprint density at radius 2 is 2.12 bits per heavy atom. The summed E-state index contributed by atoms with van der Waals surface area (Å²) in [6, 6.07) is 1.99. The van der Waals surface area contributed by atoms with Crippen molar-refractivity contribution >= 4 is 5.95 Å². The van der Waals surface area contributed by atoms with E-state index in [1.54, 1.807) is 0 Å². The number of anilines is 1. The fourth-order valence-corrected chi connectivity index (χ4v) is 2.02. The van der Waals surface area contributed by atoms with Crippen LogP contribution in [0.15, 0.2) is 6.07 Å². The fraction of sp³-hybridized carbons (Fsp3) is 0.692. The molecule has 1 saturated heterocycles. The molecular formula is C13H19N3O. The second-order valence-corrected chi connectivity index (χ2v) is 4.86. The molecule has 0 N–H and O–H groups in total. The molecule has 17 heavy (non-hydrogen) atoms. The van der Waals surface area contributed by atoms with Gasteiger partial charge in [-0.05, 0) is 32.1 Å². The first-order valence-electron chi connectivity index (χ1n) is 6.64. The van der Waals surface area contributed by atoms with Crippen LogP contribution in [0, 0.1) is 0 Å². The first-order valence-corrected chi connectivity index (χ1v) is 6.64. The van der Waals surface area contributed by atoms with Gasteiger partial charge >= 0.3 is 0 Å². The topological polar surface area (TPSA) is 38.2 Å². The van der Waals surface area contributed by atoms with Crippen LogP contribution in [0.4, 0.5) is 5.95 Å². The Labute approximate surface area is 102 Å². The van der Waals surface area contributed by atoms with E-state index < -0.39 is 0 Å². The normalized spacial score (nSPS) is 19.7. The van der Waals surface area contributed by atoms with Gasteiger partial charge in [-0.3, -0.25) is 0 Å². The molecule has 0 spiro atoms. The minimum Gasteiger partial charge on any atom is -0.474 e. The lowest BCUT2D eigenvalue weighted by Gasteiger charge is -2.32. The zero-order chi connectivity index (χ0) is 11.7. The number of hydrogen-bond donors (Lipinski definition) is 0. The Morgan fingerprint density at radius 3 is 2.65 bits per heavy atom. The van der Waals surface area contributed by atoms with Crippen LogP contribution in [-0.2, 0) is 6.42 Å². The predicted octanol–water partition coefficient (Wildman–Crippen LogP) is 2.18. The monoisotopic (exact) mass is 233 g/mol. The summed E-state index contributed by atoms with van der Waals surface area (Å²) >= 11 is 0. The highest BCUT2D eigenvalue weighted by molar-refractivity contribution is 5.37. The van der Waals surface area contributed by atoms with Crippen LogP contribution >= 0.6 is 0 Å². The van der Waals surface area contributed by atoms with Gasteiger partial charge in [0.15, 0.2) is 0 Å². The lowest BCUT2D eigenvalue weighted by Crippen LogP contribution is -2.38. The summed E-state index contributed by atoms with van der Waals surface area (Å²) < 4.78 is 5.87. The smallest absolute Gasteiger partial charge is 0.228 e. The van der Waals surface area contributed by atoms with Crippen molar-refractivity contribution in [3.8, 4) is 5.88 Å². The van der Waals surface area contributed by atoms with Gasteiger partial charge in [-0.15, -0.1) is 0 Å². The molecule has 2 aliphatic rings. The number of rotatable bonds is 4. The van der Waals surface area contributed by atoms with Crippen LogP contribution < -0.4 is 9.64 Å². The van der Waals surface area contributed by atoms with Gasteiger partial charge in [-0.2, -0.15) is 4.98 Å². The van der Waals surface area contributed by atoms with Gasteiger partial charge in [0.25, 0.3) is 0 Å². The minimum absolute atomic E-state index is 0.388. The number of hydrogen-bond acceptors (Lipinski definition) is 4. The predicted molar refractivity (Wildman–Crippen MR) is 66.5 cm³/mol. The molecule has 1 aliphatic carbocycles. The van der Waals surface area contributed by atoms with E-state index in [0.717, 1.165) is 37.0 Å². The van der Waals surface area contributed by atoms with Crippen LogP contribution in [-0.4, -0.2) is 29.2 Å². The van der Waals surface area contributed by atoms with Crippen molar-refractivity contribution in [3.05, 3.63) is 11.8 Å². The fourth-order valence-electron chi connectivity index (χ4n) is 2.02. The van der Waals surface area contributed by atoms with Gasteiger partial charge < -0.3 is 9.64 Å². The minimum atomic E-state index is 0.388. The number of aryl methyl sites for hydroxylation is 1. The molecule has 3 rings (SSSR count). The Bertz CT molecular complexity index is 400. The average molecular weight is 233 g/mol. The van der Waals surface area contributed by atoms with Crippen molar-refractivity contribution in [1.82, 2.24) is 9.97 Å². The van der Waals surface area contributed by atoms with Crippen molar-refractivity contribution in [2.24, 2.45) is 0 Å². The van der Waals surface area contributed by atoms with Gasteiger partial charge in [-0.1, -0.05) is 6.92 Å².